The Morgan fingerprint density at radius 1 is 1.09 bits per heavy atom. The van der Waals surface area contributed by atoms with Gasteiger partial charge in [0.1, 0.15) is 0 Å². The van der Waals surface area contributed by atoms with Crippen LogP contribution in [0.2, 0.25) is 0 Å². The van der Waals surface area contributed by atoms with E-state index in [2.05, 4.69) is 29.2 Å². The fourth-order valence-electron chi connectivity index (χ4n) is 4.55. The molecule has 1 N–H and O–H groups in total. The van der Waals surface area contributed by atoms with Gasteiger partial charge in [-0.25, -0.2) is 0 Å². The van der Waals surface area contributed by atoms with E-state index in [9.17, 15) is 9.59 Å². The number of hydrogen-bond acceptors (Lipinski definition) is 5. The minimum Gasteiger partial charge on any atom is -0.454 e. The van der Waals surface area contributed by atoms with E-state index in [1.54, 1.807) is 12.1 Å². The smallest absolute Gasteiger partial charge is 0.262 e. The lowest BCUT2D eigenvalue weighted by molar-refractivity contribution is -0.132. The van der Waals surface area contributed by atoms with Crippen LogP contribution < -0.4 is 15.0 Å². The fourth-order valence-corrected chi connectivity index (χ4v) is 4.83. The molecule has 0 radical (unpaired) electrons. The summed E-state index contributed by atoms with van der Waals surface area (Å²) in [4.78, 5) is 30.8. The molecule has 5 rings (SSSR count). The first-order valence-corrected chi connectivity index (χ1v) is 11.4. The van der Waals surface area contributed by atoms with Gasteiger partial charge in [0.25, 0.3) is 5.56 Å². The van der Waals surface area contributed by atoms with E-state index in [1.165, 1.54) is 10.1 Å². The molecule has 1 saturated heterocycles. The number of rotatable bonds is 5. The van der Waals surface area contributed by atoms with Crippen molar-refractivity contribution in [2.75, 3.05) is 19.9 Å². The molecule has 32 heavy (non-hydrogen) atoms. The van der Waals surface area contributed by atoms with Gasteiger partial charge in [0.15, 0.2) is 16.3 Å². The Labute approximate surface area is 190 Å². The second kappa shape index (κ2) is 8.78. The molecule has 2 aliphatic heterocycles. The number of nitrogens with one attached hydrogen (secondary N) is 1. The molecule has 2 aliphatic rings. The molecule has 1 fully saturated rings. The number of hydrogen-bond donors (Lipinski definition) is 1. The molecule has 3 heterocycles. The largest absolute Gasteiger partial charge is 0.454 e. The van der Waals surface area contributed by atoms with Crippen LogP contribution in [0.4, 0.5) is 0 Å². The Balaban J connectivity index is 1.22. The molecular formula is C24H25N3O4S. The number of likely N-dealkylation sites (tertiary alicyclic amines) is 1. The van der Waals surface area contributed by atoms with Crippen LogP contribution in [0, 0.1) is 10.7 Å². The number of aromatic nitrogens is 2. The molecule has 0 saturated carbocycles. The number of carbonyl (C=O) groups excluding carboxylic acids is 1. The van der Waals surface area contributed by atoms with Crippen molar-refractivity contribution in [2.24, 2.45) is 5.92 Å². The highest BCUT2D eigenvalue weighted by molar-refractivity contribution is 7.71. The van der Waals surface area contributed by atoms with Crippen molar-refractivity contribution in [1.29, 1.82) is 0 Å². The lowest BCUT2D eigenvalue weighted by Gasteiger charge is -2.32. The van der Waals surface area contributed by atoms with E-state index in [0.29, 0.717) is 33.1 Å². The lowest BCUT2D eigenvalue weighted by Crippen LogP contribution is -2.39. The van der Waals surface area contributed by atoms with Crippen molar-refractivity contribution in [3.8, 4) is 11.5 Å². The summed E-state index contributed by atoms with van der Waals surface area (Å²) in [7, 11) is 0. The van der Waals surface area contributed by atoms with Crippen molar-refractivity contribution in [2.45, 2.75) is 32.2 Å². The van der Waals surface area contributed by atoms with Gasteiger partial charge in [0, 0.05) is 32.1 Å². The van der Waals surface area contributed by atoms with Crippen LogP contribution in [-0.2, 0) is 17.8 Å². The molecular weight excluding hydrogens is 426 g/mol. The number of nitrogens with zero attached hydrogens (tertiary/aromatic N) is 2. The van der Waals surface area contributed by atoms with E-state index < -0.39 is 0 Å². The minimum absolute atomic E-state index is 0.0650. The minimum atomic E-state index is -0.226. The number of ether oxygens (including phenoxy) is 2. The Morgan fingerprint density at radius 2 is 1.81 bits per heavy atom. The third kappa shape index (κ3) is 4.14. The highest BCUT2D eigenvalue weighted by atomic mass is 32.1. The third-order valence-electron chi connectivity index (χ3n) is 6.36. The van der Waals surface area contributed by atoms with Gasteiger partial charge in [-0.1, -0.05) is 30.3 Å². The predicted octanol–water partition coefficient (Wildman–Crippen LogP) is 3.66. The number of benzene rings is 2. The van der Waals surface area contributed by atoms with Crippen molar-refractivity contribution < 1.29 is 14.3 Å². The van der Waals surface area contributed by atoms with E-state index in [0.717, 1.165) is 32.4 Å². The third-order valence-corrected chi connectivity index (χ3v) is 6.68. The molecule has 0 bridgehead atoms. The van der Waals surface area contributed by atoms with E-state index in [1.807, 2.05) is 11.0 Å². The van der Waals surface area contributed by atoms with Crippen molar-refractivity contribution in [3.63, 3.8) is 0 Å². The molecule has 3 aromatic rings. The molecule has 0 atom stereocenters. The maximum absolute atomic E-state index is 13.0. The number of aromatic amines is 1. The van der Waals surface area contributed by atoms with Crippen molar-refractivity contribution in [1.82, 2.24) is 14.5 Å². The van der Waals surface area contributed by atoms with Gasteiger partial charge in [-0.2, -0.15) is 0 Å². The zero-order valence-corrected chi connectivity index (χ0v) is 18.5. The molecule has 166 valence electrons. The monoisotopic (exact) mass is 451 g/mol. The molecule has 1 aromatic heterocycles. The van der Waals surface area contributed by atoms with Crippen molar-refractivity contribution >= 4 is 29.0 Å². The summed E-state index contributed by atoms with van der Waals surface area (Å²) >= 11 is 5.39. The highest BCUT2D eigenvalue weighted by Crippen LogP contribution is 2.34. The molecule has 0 aliphatic carbocycles. The van der Waals surface area contributed by atoms with E-state index in [-0.39, 0.29) is 31.2 Å². The Morgan fingerprint density at radius 3 is 2.56 bits per heavy atom. The molecule has 1 amide bonds. The molecule has 0 unspecified atom stereocenters. The second-order valence-corrected chi connectivity index (χ2v) is 8.79. The van der Waals surface area contributed by atoms with Gasteiger partial charge in [-0.15, -0.1) is 0 Å². The normalized spacial score (nSPS) is 15.9. The van der Waals surface area contributed by atoms with Crippen LogP contribution in [0.1, 0.15) is 24.8 Å². The van der Waals surface area contributed by atoms with Crippen LogP contribution in [0.5, 0.6) is 11.5 Å². The molecule has 2 aromatic carbocycles. The van der Waals surface area contributed by atoms with Gasteiger partial charge in [0.2, 0.25) is 12.7 Å². The number of carbonyl (C=O) groups is 1. The molecule has 0 spiro atoms. The summed E-state index contributed by atoms with van der Waals surface area (Å²) in [6.45, 7) is 1.91. The Hall–Kier alpha value is -3.13. The first-order chi connectivity index (χ1) is 15.6. The van der Waals surface area contributed by atoms with E-state index in [4.69, 9.17) is 21.7 Å². The van der Waals surface area contributed by atoms with Crippen LogP contribution in [-0.4, -0.2) is 40.2 Å². The summed E-state index contributed by atoms with van der Waals surface area (Å²) in [5.74, 6) is 1.80. The summed E-state index contributed by atoms with van der Waals surface area (Å²) in [5.41, 5.74) is 1.73. The van der Waals surface area contributed by atoms with Gasteiger partial charge >= 0.3 is 0 Å². The summed E-state index contributed by atoms with van der Waals surface area (Å²) < 4.78 is 12.5. The van der Waals surface area contributed by atoms with Gasteiger partial charge in [-0.05, 0) is 49.0 Å². The van der Waals surface area contributed by atoms with Gasteiger partial charge in [-0.3, -0.25) is 14.2 Å². The number of fused-ring (bicyclic) bond motifs is 2. The highest BCUT2D eigenvalue weighted by Gasteiger charge is 2.23. The van der Waals surface area contributed by atoms with Crippen LogP contribution in [0.25, 0.3) is 10.9 Å². The number of H-pyrrole nitrogens is 1. The van der Waals surface area contributed by atoms with Crippen LogP contribution >= 0.6 is 12.2 Å². The zero-order valence-electron chi connectivity index (χ0n) is 17.7. The van der Waals surface area contributed by atoms with Gasteiger partial charge in [0.05, 0.1) is 10.9 Å². The van der Waals surface area contributed by atoms with Crippen molar-refractivity contribution in [3.05, 3.63) is 63.2 Å². The maximum Gasteiger partial charge on any atom is 0.262 e. The Kier molecular flexibility index (Phi) is 5.70. The first kappa shape index (κ1) is 20.8. The topological polar surface area (TPSA) is 76.6 Å². The van der Waals surface area contributed by atoms with E-state index >= 15 is 0 Å². The second-order valence-electron chi connectivity index (χ2n) is 8.40. The lowest BCUT2D eigenvalue weighted by atomic mass is 9.90. The maximum atomic E-state index is 13.0. The molecule has 8 heteroatoms. The average Bonchev–Trinajstić information content (AvgIpc) is 3.26. The Bertz CT molecular complexity index is 1260. The SMILES string of the molecule is O=C(CCn1c(=S)[nH]c2cc3c(cc2c1=O)OCO3)N1CCC(Cc2ccccc2)CC1. The number of amides is 1. The summed E-state index contributed by atoms with van der Waals surface area (Å²) in [6, 6.07) is 13.9. The standard InChI is InChI=1S/C24H25N3O4S/c28-22(26-9-6-17(7-10-26)12-16-4-2-1-3-5-16)8-11-27-23(29)18-13-20-21(31-15-30-20)14-19(18)25-24(27)32/h1-5,13-14,17H,6-12,15H2,(H,25,32). The summed E-state index contributed by atoms with van der Waals surface area (Å²) in [6.07, 6.45) is 3.31. The number of piperidine rings is 1. The van der Waals surface area contributed by atoms with Gasteiger partial charge < -0.3 is 19.4 Å². The van der Waals surface area contributed by atoms with Crippen LogP contribution in [0.3, 0.4) is 0 Å². The van der Waals surface area contributed by atoms with Crippen LogP contribution in [0.15, 0.2) is 47.3 Å². The quantitative estimate of drug-likeness (QED) is 0.599. The zero-order chi connectivity index (χ0) is 22.1. The fraction of sp³-hybridized carbons (Fsp3) is 0.375. The predicted molar refractivity (Wildman–Crippen MR) is 124 cm³/mol. The first-order valence-electron chi connectivity index (χ1n) is 11.0. The average molecular weight is 452 g/mol. The molecule has 7 nitrogen and oxygen atoms in total. The summed E-state index contributed by atoms with van der Waals surface area (Å²) in [5, 5.41) is 0.469.